The van der Waals surface area contributed by atoms with Crippen LogP contribution >= 0.6 is 0 Å². The van der Waals surface area contributed by atoms with Gasteiger partial charge in [0.25, 0.3) is 0 Å². The van der Waals surface area contributed by atoms with Crippen molar-refractivity contribution in [3.8, 4) is 0 Å². The Balaban J connectivity index is 2.52. The molecule has 0 unspecified atom stereocenters. The number of nitrogen functional groups attached to an aromatic ring is 1. The molecular weight excluding hydrogens is 207 g/mol. The number of methoxy groups -OCH3 is 1. The molecule has 1 aromatic rings. The zero-order valence-electron chi connectivity index (χ0n) is 9.87. The van der Waals surface area contributed by atoms with E-state index in [0.717, 1.165) is 19.6 Å². The van der Waals surface area contributed by atoms with Crippen LogP contribution in [-0.2, 0) is 11.3 Å². The maximum atomic E-state index is 13.5. The van der Waals surface area contributed by atoms with Crippen molar-refractivity contribution >= 4 is 5.69 Å². The first kappa shape index (κ1) is 12.9. The summed E-state index contributed by atoms with van der Waals surface area (Å²) in [5.41, 5.74) is 6.82. The van der Waals surface area contributed by atoms with Gasteiger partial charge in [-0.25, -0.2) is 4.39 Å². The predicted octanol–water partition coefficient (Wildman–Crippen LogP) is 1.88. The van der Waals surface area contributed by atoms with E-state index < -0.39 is 0 Å². The van der Waals surface area contributed by atoms with Crippen LogP contribution in [0.15, 0.2) is 18.2 Å². The number of benzene rings is 1. The van der Waals surface area contributed by atoms with E-state index in [0.29, 0.717) is 17.8 Å². The van der Waals surface area contributed by atoms with Crippen molar-refractivity contribution in [3.05, 3.63) is 29.6 Å². The van der Waals surface area contributed by atoms with Crippen molar-refractivity contribution in [1.82, 2.24) is 4.90 Å². The molecule has 3 nitrogen and oxygen atoms in total. The van der Waals surface area contributed by atoms with E-state index in [4.69, 9.17) is 10.5 Å². The summed E-state index contributed by atoms with van der Waals surface area (Å²) < 4.78 is 18.4. The monoisotopic (exact) mass is 226 g/mol. The zero-order chi connectivity index (χ0) is 12.0. The summed E-state index contributed by atoms with van der Waals surface area (Å²) in [4.78, 5) is 2.04. The SMILES string of the molecule is COCCCN(C)Cc1c(N)cccc1F. The van der Waals surface area contributed by atoms with Gasteiger partial charge >= 0.3 is 0 Å². The second kappa shape index (κ2) is 6.45. The van der Waals surface area contributed by atoms with Crippen LogP contribution in [0.1, 0.15) is 12.0 Å². The van der Waals surface area contributed by atoms with Gasteiger partial charge in [0.1, 0.15) is 5.82 Å². The maximum Gasteiger partial charge on any atom is 0.129 e. The molecule has 0 aliphatic heterocycles. The molecule has 0 spiro atoms. The summed E-state index contributed by atoms with van der Waals surface area (Å²) in [7, 11) is 3.62. The van der Waals surface area contributed by atoms with E-state index in [1.165, 1.54) is 6.07 Å². The number of nitrogens with two attached hydrogens (primary N) is 1. The first-order valence-electron chi connectivity index (χ1n) is 5.35. The van der Waals surface area contributed by atoms with Gasteiger partial charge in [-0.05, 0) is 25.6 Å². The Bertz CT molecular complexity index is 311. The van der Waals surface area contributed by atoms with Crippen molar-refractivity contribution in [3.63, 3.8) is 0 Å². The van der Waals surface area contributed by atoms with E-state index in [1.807, 2.05) is 11.9 Å². The standard InChI is InChI=1S/C12H19FN2O/c1-15(7-4-8-16-2)9-10-11(13)5-3-6-12(10)14/h3,5-6H,4,7-9,14H2,1-2H3. The van der Waals surface area contributed by atoms with Crippen LogP contribution in [0.5, 0.6) is 0 Å². The molecule has 0 aromatic heterocycles. The summed E-state index contributed by atoms with van der Waals surface area (Å²) in [6.07, 6.45) is 0.932. The maximum absolute atomic E-state index is 13.5. The molecule has 4 heteroatoms. The summed E-state index contributed by atoms with van der Waals surface area (Å²) in [5, 5.41) is 0. The van der Waals surface area contributed by atoms with Gasteiger partial charge in [-0.3, -0.25) is 0 Å². The lowest BCUT2D eigenvalue weighted by Crippen LogP contribution is -2.21. The molecule has 90 valence electrons. The van der Waals surface area contributed by atoms with Gasteiger partial charge in [-0.15, -0.1) is 0 Å². The van der Waals surface area contributed by atoms with Crippen LogP contribution in [0.3, 0.4) is 0 Å². The van der Waals surface area contributed by atoms with Crippen LogP contribution in [0, 0.1) is 5.82 Å². The number of rotatable bonds is 6. The minimum absolute atomic E-state index is 0.237. The highest BCUT2D eigenvalue weighted by Crippen LogP contribution is 2.17. The number of anilines is 1. The highest BCUT2D eigenvalue weighted by Gasteiger charge is 2.08. The lowest BCUT2D eigenvalue weighted by Gasteiger charge is -2.17. The fourth-order valence-electron chi connectivity index (χ4n) is 1.57. The molecule has 1 aromatic carbocycles. The third-order valence-corrected chi connectivity index (χ3v) is 2.47. The molecule has 0 saturated carbocycles. The number of hydrogen-bond donors (Lipinski definition) is 1. The highest BCUT2D eigenvalue weighted by atomic mass is 19.1. The van der Waals surface area contributed by atoms with Crippen LogP contribution in [0.25, 0.3) is 0 Å². The minimum atomic E-state index is -0.237. The second-order valence-corrected chi connectivity index (χ2v) is 3.89. The molecule has 0 bridgehead atoms. The summed E-state index contributed by atoms with van der Waals surface area (Å²) in [6, 6.07) is 4.79. The molecule has 0 saturated heterocycles. The lowest BCUT2D eigenvalue weighted by molar-refractivity contribution is 0.178. The molecule has 0 aliphatic carbocycles. The van der Waals surface area contributed by atoms with Crippen molar-refractivity contribution in [2.45, 2.75) is 13.0 Å². The number of nitrogens with zero attached hydrogens (tertiary/aromatic N) is 1. The van der Waals surface area contributed by atoms with Gasteiger partial charge in [0.2, 0.25) is 0 Å². The lowest BCUT2D eigenvalue weighted by atomic mass is 10.1. The number of halogens is 1. The van der Waals surface area contributed by atoms with Crippen molar-refractivity contribution in [2.24, 2.45) is 0 Å². The molecule has 0 amide bonds. The topological polar surface area (TPSA) is 38.5 Å². The minimum Gasteiger partial charge on any atom is -0.398 e. The first-order chi connectivity index (χ1) is 7.65. The van der Waals surface area contributed by atoms with E-state index >= 15 is 0 Å². The third-order valence-electron chi connectivity index (χ3n) is 2.47. The van der Waals surface area contributed by atoms with Gasteiger partial charge in [-0.2, -0.15) is 0 Å². The average molecular weight is 226 g/mol. The second-order valence-electron chi connectivity index (χ2n) is 3.89. The molecule has 16 heavy (non-hydrogen) atoms. The fourth-order valence-corrected chi connectivity index (χ4v) is 1.57. The molecular formula is C12H19FN2O. The molecule has 2 N–H and O–H groups in total. The van der Waals surface area contributed by atoms with Crippen LogP contribution in [-0.4, -0.2) is 32.2 Å². The zero-order valence-corrected chi connectivity index (χ0v) is 9.87. The summed E-state index contributed by atoms with van der Waals surface area (Å²) in [5.74, 6) is -0.237. The Labute approximate surface area is 96.0 Å². The molecule has 0 fully saturated rings. The van der Waals surface area contributed by atoms with Gasteiger partial charge < -0.3 is 15.4 Å². The Kier molecular flexibility index (Phi) is 5.22. The van der Waals surface area contributed by atoms with Crippen molar-refractivity contribution in [1.29, 1.82) is 0 Å². The van der Waals surface area contributed by atoms with E-state index in [9.17, 15) is 4.39 Å². The fraction of sp³-hybridized carbons (Fsp3) is 0.500. The number of ether oxygens (including phenoxy) is 1. The first-order valence-corrected chi connectivity index (χ1v) is 5.35. The molecule has 1 rings (SSSR count). The Hall–Kier alpha value is -1.13. The summed E-state index contributed by atoms with van der Waals surface area (Å²) in [6.45, 7) is 2.11. The smallest absolute Gasteiger partial charge is 0.129 e. The van der Waals surface area contributed by atoms with Gasteiger partial charge in [-0.1, -0.05) is 6.07 Å². The van der Waals surface area contributed by atoms with Crippen molar-refractivity contribution < 1.29 is 9.13 Å². The molecule has 0 aliphatic rings. The normalized spacial score (nSPS) is 11.0. The molecule has 0 radical (unpaired) electrons. The van der Waals surface area contributed by atoms with Crippen LogP contribution < -0.4 is 5.73 Å². The Morgan fingerprint density at radius 1 is 1.44 bits per heavy atom. The quantitative estimate of drug-likeness (QED) is 0.594. The van der Waals surface area contributed by atoms with Gasteiger partial charge in [0, 0.05) is 38.1 Å². The molecule has 0 heterocycles. The Morgan fingerprint density at radius 3 is 2.81 bits per heavy atom. The van der Waals surface area contributed by atoms with Crippen LogP contribution in [0.2, 0.25) is 0 Å². The predicted molar refractivity (Wildman–Crippen MR) is 63.6 cm³/mol. The number of hydrogen-bond acceptors (Lipinski definition) is 3. The van der Waals surface area contributed by atoms with E-state index in [1.54, 1.807) is 19.2 Å². The largest absolute Gasteiger partial charge is 0.398 e. The highest BCUT2D eigenvalue weighted by molar-refractivity contribution is 5.47. The Morgan fingerprint density at radius 2 is 2.19 bits per heavy atom. The average Bonchev–Trinajstić information content (AvgIpc) is 2.24. The summed E-state index contributed by atoms with van der Waals surface area (Å²) >= 11 is 0. The molecule has 0 atom stereocenters. The van der Waals surface area contributed by atoms with Gasteiger partial charge in [0.15, 0.2) is 0 Å². The van der Waals surface area contributed by atoms with Crippen LogP contribution in [0.4, 0.5) is 10.1 Å². The van der Waals surface area contributed by atoms with E-state index in [-0.39, 0.29) is 5.82 Å². The van der Waals surface area contributed by atoms with E-state index in [2.05, 4.69) is 0 Å². The third kappa shape index (κ3) is 3.79. The van der Waals surface area contributed by atoms with Crippen molar-refractivity contribution in [2.75, 3.05) is 33.0 Å². The van der Waals surface area contributed by atoms with Gasteiger partial charge in [0.05, 0.1) is 0 Å².